The summed E-state index contributed by atoms with van der Waals surface area (Å²) in [6.07, 6.45) is 3.76. The maximum Gasteiger partial charge on any atom is 0.0922 e. The van der Waals surface area contributed by atoms with Crippen molar-refractivity contribution in [1.82, 2.24) is 4.98 Å². The summed E-state index contributed by atoms with van der Waals surface area (Å²) in [5.41, 5.74) is 1.07. The van der Waals surface area contributed by atoms with E-state index in [1.165, 1.54) is 4.88 Å². The standard InChI is InChI=1S/C12H13NOS/c1-9-4-5-12(15-9)11(14)7-10-3-2-6-13-8-10/h2-6,8,11,14H,7H2,1H3. The summed E-state index contributed by atoms with van der Waals surface area (Å²) in [6.45, 7) is 2.05. The largest absolute Gasteiger partial charge is 0.387 e. The van der Waals surface area contributed by atoms with Crippen molar-refractivity contribution >= 4 is 11.3 Å². The molecule has 0 aromatic carbocycles. The zero-order valence-corrected chi connectivity index (χ0v) is 9.37. The molecule has 2 rings (SSSR count). The highest BCUT2D eigenvalue weighted by Crippen LogP contribution is 2.25. The molecule has 0 amide bonds. The lowest BCUT2D eigenvalue weighted by atomic mass is 10.1. The van der Waals surface area contributed by atoms with Crippen LogP contribution in [0.5, 0.6) is 0 Å². The van der Waals surface area contributed by atoms with Crippen LogP contribution in [0.15, 0.2) is 36.7 Å². The van der Waals surface area contributed by atoms with Gasteiger partial charge in [-0.25, -0.2) is 0 Å². The molecule has 0 saturated heterocycles. The Labute approximate surface area is 93.2 Å². The molecule has 0 bridgehead atoms. The van der Waals surface area contributed by atoms with Crippen LogP contribution >= 0.6 is 11.3 Å². The highest BCUT2D eigenvalue weighted by atomic mass is 32.1. The maximum atomic E-state index is 9.97. The predicted octanol–water partition coefficient (Wildman–Crippen LogP) is 2.73. The van der Waals surface area contributed by atoms with Gasteiger partial charge in [0.15, 0.2) is 0 Å². The number of hydrogen-bond donors (Lipinski definition) is 1. The Morgan fingerprint density at radius 3 is 2.87 bits per heavy atom. The number of aliphatic hydroxyl groups is 1. The van der Waals surface area contributed by atoms with Crippen LogP contribution in [0.3, 0.4) is 0 Å². The van der Waals surface area contributed by atoms with Crippen LogP contribution < -0.4 is 0 Å². The van der Waals surface area contributed by atoms with E-state index >= 15 is 0 Å². The number of rotatable bonds is 3. The molecule has 0 fully saturated rings. The molecule has 0 radical (unpaired) electrons. The number of aryl methyl sites for hydroxylation is 1. The van der Waals surface area contributed by atoms with Crippen LogP contribution in [0, 0.1) is 6.92 Å². The third-order valence-corrected chi connectivity index (χ3v) is 3.34. The van der Waals surface area contributed by atoms with Gasteiger partial charge < -0.3 is 5.11 Å². The van der Waals surface area contributed by atoms with Gasteiger partial charge in [0.2, 0.25) is 0 Å². The quantitative estimate of drug-likeness (QED) is 0.861. The first-order valence-electron chi connectivity index (χ1n) is 4.89. The minimum Gasteiger partial charge on any atom is -0.387 e. The van der Waals surface area contributed by atoms with Crippen LogP contribution in [-0.2, 0) is 6.42 Å². The van der Waals surface area contributed by atoms with Crippen molar-refractivity contribution in [2.45, 2.75) is 19.4 Å². The van der Waals surface area contributed by atoms with Gasteiger partial charge in [-0.2, -0.15) is 0 Å². The van der Waals surface area contributed by atoms with Crippen molar-refractivity contribution in [3.63, 3.8) is 0 Å². The molecule has 2 nitrogen and oxygen atoms in total. The molecular weight excluding hydrogens is 206 g/mol. The first-order valence-corrected chi connectivity index (χ1v) is 5.70. The fourth-order valence-corrected chi connectivity index (χ4v) is 2.34. The van der Waals surface area contributed by atoms with Gasteiger partial charge in [-0.1, -0.05) is 6.07 Å². The van der Waals surface area contributed by atoms with Crippen molar-refractivity contribution in [2.24, 2.45) is 0 Å². The van der Waals surface area contributed by atoms with Gasteiger partial charge in [0, 0.05) is 28.6 Å². The van der Waals surface area contributed by atoms with Gasteiger partial charge in [0.1, 0.15) is 0 Å². The highest BCUT2D eigenvalue weighted by molar-refractivity contribution is 7.12. The molecule has 0 aliphatic carbocycles. The van der Waals surface area contributed by atoms with E-state index < -0.39 is 6.10 Å². The normalized spacial score (nSPS) is 12.7. The molecule has 1 unspecified atom stereocenters. The van der Waals surface area contributed by atoms with E-state index in [-0.39, 0.29) is 0 Å². The molecule has 1 N–H and O–H groups in total. The van der Waals surface area contributed by atoms with E-state index in [9.17, 15) is 5.11 Å². The number of pyridine rings is 1. The van der Waals surface area contributed by atoms with Gasteiger partial charge in [-0.3, -0.25) is 4.98 Å². The fourth-order valence-electron chi connectivity index (χ4n) is 1.48. The van der Waals surface area contributed by atoms with Crippen molar-refractivity contribution in [2.75, 3.05) is 0 Å². The molecule has 3 heteroatoms. The Bertz CT molecular complexity index is 424. The lowest BCUT2D eigenvalue weighted by Crippen LogP contribution is -1.99. The third kappa shape index (κ3) is 2.64. The van der Waals surface area contributed by atoms with Gasteiger partial charge in [-0.05, 0) is 30.7 Å². The Morgan fingerprint density at radius 2 is 2.27 bits per heavy atom. The number of nitrogens with zero attached hydrogens (tertiary/aromatic N) is 1. The fraction of sp³-hybridized carbons (Fsp3) is 0.250. The molecule has 0 aliphatic rings. The SMILES string of the molecule is Cc1ccc(C(O)Cc2cccnc2)s1. The van der Waals surface area contributed by atoms with Gasteiger partial charge >= 0.3 is 0 Å². The molecular formula is C12H13NOS. The minimum absolute atomic E-state index is 0.409. The Kier molecular flexibility index (Phi) is 3.14. The lowest BCUT2D eigenvalue weighted by Gasteiger charge is -2.07. The molecule has 0 aliphatic heterocycles. The monoisotopic (exact) mass is 219 g/mol. The van der Waals surface area contributed by atoms with Crippen LogP contribution in [0.1, 0.15) is 21.4 Å². The number of thiophene rings is 1. The average Bonchev–Trinajstić information content (AvgIpc) is 2.66. The smallest absolute Gasteiger partial charge is 0.0922 e. The Hall–Kier alpha value is -1.19. The number of aromatic nitrogens is 1. The third-order valence-electron chi connectivity index (χ3n) is 2.24. The van der Waals surface area contributed by atoms with Crippen LogP contribution in [0.25, 0.3) is 0 Å². The van der Waals surface area contributed by atoms with Crippen molar-refractivity contribution in [3.8, 4) is 0 Å². The summed E-state index contributed by atoms with van der Waals surface area (Å²) in [7, 11) is 0. The zero-order valence-electron chi connectivity index (χ0n) is 8.55. The van der Waals surface area contributed by atoms with E-state index in [2.05, 4.69) is 4.98 Å². The summed E-state index contributed by atoms with van der Waals surface area (Å²) in [6, 6.07) is 7.89. The summed E-state index contributed by atoms with van der Waals surface area (Å²) in [5, 5.41) is 9.97. The lowest BCUT2D eigenvalue weighted by molar-refractivity contribution is 0.182. The molecule has 2 heterocycles. The maximum absolute atomic E-state index is 9.97. The van der Waals surface area contributed by atoms with Crippen molar-refractivity contribution < 1.29 is 5.11 Å². The molecule has 0 spiro atoms. The van der Waals surface area contributed by atoms with E-state index in [4.69, 9.17) is 0 Å². The summed E-state index contributed by atoms with van der Waals surface area (Å²) in [4.78, 5) is 6.29. The summed E-state index contributed by atoms with van der Waals surface area (Å²) < 4.78 is 0. The minimum atomic E-state index is -0.409. The van der Waals surface area contributed by atoms with Crippen molar-refractivity contribution in [1.29, 1.82) is 0 Å². The summed E-state index contributed by atoms with van der Waals surface area (Å²) >= 11 is 1.64. The molecule has 78 valence electrons. The first kappa shape index (κ1) is 10.3. The molecule has 15 heavy (non-hydrogen) atoms. The molecule has 2 aromatic rings. The Morgan fingerprint density at radius 1 is 1.40 bits per heavy atom. The van der Waals surface area contributed by atoms with E-state index in [1.807, 2.05) is 31.2 Å². The van der Waals surface area contributed by atoms with Crippen LogP contribution in [0.4, 0.5) is 0 Å². The molecule has 2 aromatic heterocycles. The van der Waals surface area contributed by atoms with E-state index in [0.717, 1.165) is 10.4 Å². The first-order chi connectivity index (χ1) is 7.25. The number of hydrogen-bond acceptors (Lipinski definition) is 3. The van der Waals surface area contributed by atoms with Gasteiger partial charge in [-0.15, -0.1) is 11.3 Å². The van der Waals surface area contributed by atoms with Crippen LogP contribution in [0.2, 0.25) is 0 Å². The number of aliphatic hydroxyl groups excluding tert-OH is 1. The molecule has 1 atom stereocenters. The second-order valence-corrected chi connectivity index (χ2v) is 4.85. The average molecular weight is 219 g/mol. The zero-order chi connectivity index (χ0) is 10.7. The van der Waals surface area contributed by atoms with Crippen LogP contribution in [-0.4, -0.2) is 10.1 Å². The topological polar surface area (TPSA) is 33.1 Å². The van der Waals surface area contributed by atoms with Gasteiger partial charge in [0.05, 0.1) is 6.10 Å². The van der Waals surface area contributed by atoms with Crippen molar-refractivity contribution in [3.05, 3.63) is 52.0 Å². The molecule has 0 saturated carbocycles. The Balaban J connectivity index is 2.07. The second-order valence-electron chi connectivity index (χ2n) is 3.53. The second kappa shape index (κ2) is 4.55. The summed E-state index contributed by atoms with van der Waals surface area (Å²) in [5.74, 6) is 0. The predicted molar refractivity (Wildman–Crippen MR) is 62.0 cm³/mol. The van der Waals surface area contributed by atoms with Gasteiger partial charge in [0.25, 0.3) is 0 Å². The van der Waals surface area contributed by atoms with E-state index in [1.54, 1.807) is 23.7 Å². The highest BCUT2D eigenvalue weighted by Gasteiger charge is 2.10. The van der Waals surface area contributed by atoms with E-state index in [0.29, 0.717) is 6.42 Å².